The summed E-state index contributed by atoms with van der Waals surface area (Å²) < 4.78 is 5.58. The van der Waals surface area contributed by atoms with Crippen LogP contribution in [0.15, 0.2) is 60.8 Å². The molecule has 0 aliphatic rings. The third kappa shape index (κ3) is 6.29. The number of hydroxylamine groups is 1. The van der Waals surface area contributed by atoms with Gasteiger partial charge in [-0.3, -0.25) is 14.9 Å². The SMILES string of the molecule is CCOCCN(CCc1c[nH]c2ccccc12)Cc1ccc(/C=C/C(=O)NO)cc1. The summed E-state index contributed by atoms with van der Waals surface area (Å²) in [6.07, 6.45) is 6.03. The number of carbonyl (C=O) groups excluding carboxylic acids is 1. The van der Waals surface area contributed by atoms with Crippen LogP contribution < -0.4 is 5.48 Å². The quantitative estimate of drug-likeness (QED) is 0.196. The average Bonchev–Trinajstić information content (AvgIpc) is 3.20. The van der Waals surface area contributed by atoms with Gasteiger partial charge in [0.05, 0.1) is 6.61 Å². The van der Waals surface area contributed by atoms with E-state index in [0.717, 1.165) is 38.2 Å². The molecule has 6 nitrogen and oxygen atoms in total. The largest absolute Gasteiger partial charge is 0.380 e. The molecule has 0 fully saturated rings. The van der Waals surface area contributed by atoms with Crippen molar-refractivity contribution in [3.8, 4) is 0 Å². The molecule has 30 heavy (non-hydrogen) atoms. The third-order valence-electron chi connectivity index (χ3n) is 5.05. The molecule has 0 aliphatic heterocycles. The van der Waals surface area contributed by atoms with E-state index in [2.05, 4.69) is 46.4 Å². The van der Waals surface area contributed by atoms with E-state index in [1.54, 1.807) is 11.6 Å². The van der Waals surface area contributed by atoms with E-state index in [1.807, 2.05) is 25.1 Å². The molecule has 0 radical (unpaired) electrons. The first-order chi connectivity index (χ1) is 14.7. The van der Waals surface area contributed by atoms with Gasteiger partial charge in [-0.1, -0.05) is 42.5 Å². The fourth-order valence-corrected chi connectivity index (χ4v) is 3.43. The second-order valence-electron chi connectivity index (χ2n) is 7.13. The van der Waals surface area contributed by atoms with E-state index in [4.69, 9.17) is 9.94 Å². The van der Waals surface area contributed by atoms with Crippen molar-refractivity contribution >= 4 is 22.9 Å². The van der Waals surface area contributed by atoms with Gasteiger partial charge in [-0.25, -0.2) is 5.48 Å². The highest BCUT2D eigenvalue weighted by atomic mass is 16.5. The van der Waals surface area contributed by atoms with Gasteiger partial charge in [0.25, 0.3) is 5.91 Å². The van der Waals surface area contributed by atoms with Gasteiger partial charge >= 0.3 is 0 Å². The van der Waals surface area contributed by atoms with Crippen molar-refractivity contribution < 1.29 is 14.7 Å². The van der Waals surface area contributed by atoms with E-state index in [-0.39, 0.29) is 0 Å². The normalized spacial score (nSPS) is 11.6. The summed E-state index contributed by atoms with van der Waals surface area (Å²) in [5.74, 6) is -0.543. The second-order valence-corrected chi connectivity index (χ2v) is 7.13. The Kier molecular flexibility index (Phi) is 8.20. The van der Waals surface area contributed by atoms with Crippen molar-refractivity contribution in [2.75, 3.05) is 26.3 Å². The van der Waals surface area contributed by atoms with Gasteiger partial charge in [-0.05, 0) is 42.2 Å². The maximum atomic E-state index is 11.1. The molecule has 0 bridgehead atoms. The fourth-order valence-electron chi connectivity index (χ4n) is 3.43. The number of aromatic amines is 1. The number of H-pyrrole nitrogens is 1. The minimum absolute atomic E-state index is 0.543. The number of carbonyl (C=O) groups is 1. The highest BCUT2D eigenvalue weighted by molar-refractivity contribution is 5.90. The van der Waals surface area contributed by atoms with E-state index in [0.29, 0.717) is 6.61 Å². The molecule has 0 saturated heterocycles. The van der Waals surface area contributed by atoms with Crippen molar-refractivity contribution in [3.05, 3.63) is 77.5 Å². The van der Waals surface area contributed by atoms with Gasteiger partial charge in [0.2, 0.25) is 0 Å². The Hall–Kier alpha value is -2.93. The molecular formula is C24H29N3O3. The van der Waals surface area contributed by atoms with Crippen LogP contribution in [0, 0.1) is 0 Å². The number of nitrogens with zero attached hydrogens (tertiary/aromatic N) is 1. The lowest BCUT2D eigenvalue weighted by atomic mass is 10.1. The minimum atomic E-state index is -0.543. The van der Waals surface area contributed by atoms with Crippen molar-refractivity contribution in [1.29, 1.82) is 0 Å². The number of aromatic nitrogens is 1. The number of benzene rings is 2. The minimum Gasteiger partial charge on any atom is -0.380 e. The molecule has 3 N–H and O–H groups in total. The molecule has 6 heteroatoms. The molecule has 2 aromatic carbocycles. The number of hydrogen-bond acceptors (Lipinski definition) is 4. The molecule has 0 spiro atoms. The molecule has 0 aliphatic carbocycles. The average molecular weight is 408 g/mol. The Balaban J connectivity index is 1.63. The standard InChI is InChI=1S/C24H29N3O3/c1-2-30-16-15-27(14-13-21-17-25-23-6-4-3-5-22(21)23)18-20-9-7-19(8-10-20)11-12-24(28)26-29/h3-12,17,25,29H,2,13-16,18H2,1H3,(H,26,28)/b12-11+. The zero-order valence-electron chi connectivity index (χ0n) is 17.3. The summed E-state index contributed by atoms with van der Waals surface area (Å²) in [5.41, 5.74) is 6.20. The fraction of sp³-hybridized carbons (Fsp3) is 0.292. The Morgan fingerprint density at radius 1 is 1.17 bits per heavy atom. The summed E-state index contributed by atoms with van der Waals surface area (Å²) in [7, 11) is 0. The highest BCUT2D eigenvalue weighted by Gasteiger charge is 2.09. The molecular weight excluding hydrogens is 378 g/mol. The molecule has 158 valence electrons. The van der Waals surface area contributed by atoms with Crippen LogP contribution in [0.3, 0.4) is 0 Å². The number of ether oxygens (including phenoxy) is 1. The van der Waals surface area contributed by atoms with E-state index in [1.165, 1.54) is 28.1 Å². The molecule has 1 amide bonds. The van der Waals surface area contributed by atoms with Crippen LogP contribution in [0.5, 0.6) is 0 Å². The Labute approximate surface area is 177 Å². The highest BCUT2D eigenvalue weighted by Crippen LogP contribution is 2.19. The van der Waals surface area contributed by atoms with Gasteiger partial charge in [0.15, 0.2) is 0 Å². The first-order valence-electron chi connectivity index (χ1n) is 10.3. The molecule has 1 heterocycles. The molecule has 0 atom stereocenters. The molecule has 0 unspecified atom stereocenters. The van der Waals surface area contributed by atoms with E-state index < -0.39 is 5.91 Å². The lowest BCUT2D eigenvalue weighted by molar-refractivity contribution is -0.124. The predicted octanol–water partition coefficient (Wildman–Crippen LogP) is 3.77. The van der Waals surface area contributed by atoms with Gasteiger partial charge in [-0.2, -0.15) is 0 Å². The second kappa shape index (κ2) is 11.3. The van der Waals surface area contributed by atoms with Crippen LogP contribution in [-0.2, 0) is 22.5 Å². The Morgan fingerprint density at radius 3 is 2.73 bits per heavy atom. The number of amides is 1. The van der Waals surface area contributed by atoms with Crippen molar-refractivity contribution in [2.45, 2.75) is 19.9 Å². The summed E-state index contributed by atoms with van der Waals surface area (Å²) in [6.45, 7) is 6.08. The van der Waals surface area contributed by atoms with Gasteiger partial charge in [-0.15, -0.1) is 0 Å². The zero-order valence-corrected chi connectivity index (χ0v) is 17.3. The summed E-state index contributed by atoms with van der Waals surface area (Å²) >= 11 is 0. The molecule has 3 rings (SSSR count). The van der Waals surface area contributed by atoms with Crippen LogP contribution >= 0.6 is 0 Å². The van der Waals surface area contributed by atoms with Crippen LogP contribution in [-0.4, -0.2) is 47.3 Å². The lowest BCUT2D eigenvalue weighted by Crippen LogP contribution is -2.29. The van der Waals surface area contributed by atoms with Gasteiger partial charge in [0.1, 0.15) is 0 Å². The first-order valence-corrected chi connectivity index (χ1v) is 10.3. The number of para-hydroxylation sites is 1. The monoisotopic (exact) mass is 407 g/mol. The Morgan fingerprint density at radius 2 is 1.97 bits per heavy atom. The number of fused-ring (bicyclic) bond motifs is 1. The number of hydrogen-bond donors (Lipinski definition) is 3. The van der Waals surface area contributed by atoms with Crippen LogP contribution in [0.2, 0.25) is 0 Å². The summed E-state index contributed by atoms with van der Waals surface area (Å²) in [5, 5.41) is 9.84. The number of nitrogens with one attached hydrogen (secondary N) is 2. The van der Waals surface area contributed by atoms with Crippen LogP contribution in [0.25, 0.3) is 17.0 Å². The van der Waals surface area contributed by atoms with Crippen molar-refractivity contribution in [1.82, 2.24) is 15.4 Å². The summed E-state index contributed by atoms with van der Waals surface area (Å²) in [4.78, 5) is 16.9. The number of rotatable bonds is 11. The Bertz CT molecular complexity index is 963. The molecule has 0 saturated carbocycles. The maximum absolute atomic E-state index is 11.1. The maximum Gasteiger partial charge on any atom is 0.267 e. The topological polar surface area (TPSA) is 77.6 Å². The van der Waals surface area contributed by atoms with Crippen molar-refractivity contribution in [2.24, 2.45) is 0 Å². The van der Waals surface area contributed by atoms with E-state index >= 15 is 0 Å². The summed E-state index contributed by atoms with van der Waals surface area (Å²) in [6, 6.07) is 16.5. The predicted molar refractivity (Wildman–Crippen MR) is 119 cm³/mol. The third-order valence-corrected chi connectivity index (χ3v) is 5.05. The smallest absolute Gasteiger partial charge is 0.267 e. The van der Waals surface area contributed by atoms with Crippen molar-refractivity contribution in [3.63, 3.8) is 0 Å². The lowest BCUT2D eigenvalue weighted by Gasteiger charge is -2.22. The first kappa shape index (κ1) is 21.8. The molecule has 3 aromatic rings. The zero-order chi connectivity index (χ0) is 21.2. The van der Waals surface area contributed by atoms with Crippen LogP contribution in [0.1, 0.15) is 23.6 Å². The van der Waals surface area contributed by atoms with Gasteiger partial charge < -0.3 is 9.72 Å². The van der Waals surface area contributed by atoms with Gasteiger partial charge in [0, 0.05) is 49.4 Å². The van der Waals surface area contributed by atoms with Crippen LogP contribution in [0.4, 0.5) is 0 Å². The molecule has 1 aromatic heterocycles. The van der Waals surface area contributed by atoms with E-state index in [9.17, 15) is 4.79 Å².